The molecule has 1 heterocycles. The van der Waals surface area contributed by atoms with Gasteiger partial charge in [0, 0.05) is 17.3 Å². The van der Waals surface area contributed by atoms with Crippen molar-refractivity contribution in [1.82, 2.24) is 9.78 Å². The lowest BCUT2D eigenvalue weighted by atomic mass is 10.0. The Morgan fingerprint density at radius 3 is 2.50 bits per heavy atom. The van der Waals surface area contributed by atoms with Crippen LogP contribution in [-0.4, -0.2) is 15.7 Å². The summed E-state index contributed by atoms with van der Waals surface area (Å²) < 4.78 is 1.67. The number of para-hydroxylation sites is 1. The average molecular weight is 342 g/mol. The van der Waals surface area contributed by atoms with Crippen LogP contribution < -0.4 is 5.11 Å². The van der Waals surface area contributed by atoms with Crippen LogP contribution in [0.5, 0.6) is 0 Å². The van der Waals surface area contributed by atoms with Crippen LogP contribution in [0.2, 0.25) is 0 Å². The standard InChI is InChI=1S/C21H17N3O2/c1-14-8-9-16(10-15(14)2)20-18(11-17(12-22)21(25)26)13-24(23-20)19-6-4-3-5-7-19/h3-11,13H,1-2H3,(H,25,26)/p-1/b17-11+. The third-order valence-electron chi connectivity index (χ3n) is 4.18. The summed E-state index contributed by atoms with van der Waals surface area (Å²) in [6.45, 7) is 4.02. The van der Waals surface area contributed by atoms with Crippen LogP contribution >= 0.6 is 0 Å². The monoisotopic (exact) mass is 342 g/mol. The molecule has 0 bridgehead atoms. The van der Waals surface area contributed by atoms with Gasteiger partial charge in [0.25, 0.3) is 0 Å². The Balaban J connectivity index is 2.21. The quantitative estimate of drug-likeness (QED) is 0.539. The van der Waals surface area contributed by atoms with Crippen molar-refractivity contribution in [2.75, 3.05) is 0 Å². The summed E-state index contributed by atoms with van der Waals surface area (Å²) in [6.07, 6.45) is 3.01. The SMILES string of the molecule is Cc1ccc(-c2nn(-c3ccccc3)cc2/C=C(\C#N)C(=O)[O-])cc1C. The highest BCUT2D eigenvalue weighted by Crippen LogP contribution is 2.27. The van der Waals surface area contributed by atoms with Gasteiger partial charge in [-0.3, -0.25) is 0 Å². The molecule has 0 N–H and O–H groups in total. The highest BCUT2D eigenvalue weighted by atomic mass is 16.4. The third-order valence-corrected chi connectivity index (χ3v) is 4.18. The zero-order valence-electron chi connectivity index (χ0n) is 14.4. The summed E-state index contributed by atoms with van der Waals surface area (Å²) in [7, 11) is 0. The van der Waals surface area contributed by atoms with E-state index in [9.17, 15) is 9.90 Å². The van der Waals surface area contributed by atoms with Crippen LogP contribution in [0.1, 0.15) is 16.7 Å². The van der Waals surface area contributed by atoms with Gasteiger partial charge in [0.1, 0.15) is 11.8 Å². The summed E-state index contributed by atoms with van der Waals surface area (Å²) in [4.78, 5) is 11.1. The number of carboxylic acid groups (broad SMARTS) is 1. The second kappa shape index (κ2) is 7.08. The number of nitriles is 1. The molecule has 5 heteroatoms. The van der Waals surface area contributed by atoms with Gasteiger partial charge in [0.2, 0.25) is 0 Å². The predicted molar refractivity (Wildman–Crippen MR) is 97.1 cm³/mol. The zero-order valence-corrected chi connectivity index (χ0v) is 14.4. The fraction of sp³-hybridized carbons (Fsp3) is 0.0952. The number of aryl methyl sites for hydroxylation is 2. The van der Waals surface area contributed by atoms with Gasteiger partial charge in [-0.15, -0.1) is 0 Å². The van der Waals surface area contributed by atoms with Crippen molar-refractivity contribution in [2.45, 2.75) is 13.8 Å². The molecular weight excluding hydrogens is 326 g/mol. The number of hydrogen-bond donors (Lipinski definition) is 0. The van der Waals surface area contributed by atoms with Crippen LogP contribution in [0.4, 0.5) is 0 Å². The summed E-state index contributed by atoms with van der Waals surface area (Å²) in [5.41, 5.74) is 4.65. The lowest BCUT2D eigenvalue weighted by Gasteiger charge is -2.05. The summed E-state index contributed by atoms with van der Waals surface area (Å²) >= 11 is 0. The van der Waals surface area contributed by atoms with E-state index < -0.39 is 11.5 Å². The van der Waals surface area contributed by atoms with Gasteiger partial charge in [0.05, 0.1) is 17.2 Å². The average Bonchev–Trinajstić information content (AvgIpc) is 3.06. The molecule has 0 atom stereocenters. The fourth-order valence-electron chi connectivity index (χ4n) is 2.61. The Kier molecular flexibility index (Phi) is 4.68. The summed E-state index contributed by atoms with van der Waals surface area (Å²) in [5.74, 6) is -1.51. The first-order valence-electron chi connectivity index (χ1n) is 8.05. The minimum Gasteiger partial charge on any atom is -0.544 e. The second-order valence-corrected chi connectivity index (χ2v) is 5.97. The van der Waals surface area contributed by atoms with E-state index in [2.05, 4.69) is 5.10 Å². The van der Waals surface area contributed by atoms with Gasteiger partial charge in [-0.1, -0.05) is 30.3 Å². The third kappa shape index (κ3) is 3.40. The Morgan fingerprint density at radius 1 is 1.15 bits per heavy atom. The first kappa shape index (κ1) is 17.2. The number of carboxylic acids is 1. The Morgan fingerprint density at radius 2 is 1.88 bits per heavy atom. The topological polar surface area (TPSA) is 81.7 Å². The molecule has 0 radical (unpaired) electrons. The lowest BCUT2D eigenvalue weighted by Crippen LogP contribution is -2.23. The number of aromatic nitrogens is 2. The number of aliphatic carboxylic acids is 1. The van der Waals surface area contributed by atoms with E-state index in [1.54, 1.807) is 16.9 Å². The molecule has 0 saturated heterocycles. The van der Waals surface area contributed by atoms with Crippen LogP contribution in [-0.2, 0) is 4.79 Å². The minimum atomic E-state index is -1.51. The number of carbonyl (C=O) groups is 1. The Labute approximate surface area is 151 Å². The van der Waals surface area contributed by atoms with Crippen molar-refractivity contribution in [3.63, 3.8) is 0 Å². The van der Waals surface area contributed by atoms with E-state index in [-0.39, 0.29) is 0 Å². The van der Waals surface area contributed by atoms with E-state index in [0.717, 1.165) is 22.4 Å². The maximum absolute atomic E-state index is 11.1. The van der Waals surface area contributed by atoms with Crippen molar-refractivity contribution in [3.05, 3.63) is 77.0 Å². The van der Waals surface area contributed by atoms with E-state index in [0.29, 0.717) is 11.3 Å². The molecule has 0 aliphatic rings. The van der Waals surface area contributed by atoms with E-state index in [1.807, 2.05) is 62.4 Å². The van der Waals surface area contributed by atoms with E-state index in [1.165, 1.54) is 6.08 Å². The number of carbonyl (C=O) groups excluding carboxylic acids is 1. The molecule has 0 aliphatic carbocycles. The fourth-order valence-corrected chi connectivity index (χ4v) is 2.61. The molecule has 0 saturated carbocycles. The maximum atomic E-state index is 11.1. The molecule has 0 fully saturated rings. The molecule has 0 aliphatic heterocycles. The normalized spacial score (nSPS) is 11.2. The van der Waals surface area contributed by atoms with Gasteiger partial charge < -0.3 is 9.90 Å². The molecular formula is C21H16N3O2-. The molecule has 128 valence electrons. The molecule has 1 aromatic heterocycles. The molecule has 26 heavy (non-hydrogen) atoms. The smallest absolute Gasteiger partial charge is 0.101 e. The minimum absolute atomic E-state index is 0.442. The second-order valence-electron chi connectivity index (χ2n) is 5.97. The van der Waals surface area contributed by atoms with Crippen molar-refractivity contribution < 1.29 is 9.90 Å². The molecule has 3 aromatic rings. The lowest BCUT2D eigenvalue weighted by molar-refractivity contribution is -0.298. The van der Waals surface area contributed by atoms with Crippen LogP contribution in [0.15, 0.2) is 60.3 Å². The highest BCUT2D eigenvalue weighted by Gasteiger charge is 2.13. The van der Waals surface area contributed by atoms with Crippen molar-refractivity contribution in [2.24, 2.45) is 0 Å². The van der Waals surface area contributed by atoms with E-state index in [4.69, 9.17) is 5.26 Å². The molecule has 0 spiro atoms. The van der Waals surface area contributed by atoms with Crippen molar-refractivity contribution in [1.29, 1.82) is 5.26 Å². The molecule has 5 nitrogen and oxygen atoms in total. The first-order valence-corrected chi connectivity index (χ1v) is 8.05. The van der Waals surface area contributed by atoms with Gasteiger partial charge in [-0.05, 0) is 49.2 Å². The van der Waals surface area contributed by atoms with Crippen LogP contribution in [0, 0.1) is 25.2 Å². The molecule has 2 aromatic carbocycles. The number of rotatable bonds is 4. The van der Waals surface area contributed by atoms with Crippen molar-refractivity contribution >= 4 is 12.0 Å². The summed E-state index contributed by atoms with van der Waals surface area (Å²) in [5, 5.41) is 24.8. The van der Waals surface area contributed by atoms with E-state index >= 15 is 0 Å². The number of hydrogen-bond acceptors (Lipinski definition) is 4. The Hall–Kier alpha value is -3.65. The largest absolute Gasteiger partial charge is 0.544 e. The maximum Gasteiger partial charge on any atom is 0.101 e. The number of nitrogens with zero attached hydrogens (tertiary/aromatic N) is 3. The first-order chi connectivity index (χ1) is 12.5. The molecule has 0 amide bonds. The number of benzene rings is 2. The zero-order chi connectivity index (χ0) is 18.7. The molecule has 3 rings (SSSR count). The van der Waals surface area contributed by atoms with Crippen LogP contribution in [0.3, 0.4) is 0 Å². The van der Waals surface area contributed by atoms with Crippen molar-refractivity contribution in [3.8, 4) is 23.0 Å². The summed E-state index contributed by atoms with van der Waals surface area (Å²) in [6, 6.07) is 17.1. The Bertz CT molecular complexity index is 1040. The van der Waals surface area contributed by atoms with Gasteiger partial charge in [-0.25, -0.2) is 4.68 Å². The van der Waals surface area contributed by atoms with Gasteiger partial charge >= 0.3 is 0 Å². The van der Waals surface area contributed by atoms with Gasteiger partial charge in [0.15, 0.2) is 0 Å². The highest BCUT2D eigenvalue weighted by molar-refractivity contribution is 5.96. The predicted octanol–water partition coefficient (Wildman–Crippen LogP) is 2.81. The van der Waals surface area contributed by atoms with Crippen LogP contribution in [0.25, 0.3) is 23.0 Å². The molecule has 0 unspecified atom stereocenters. The van der Waals surface area contributed by atoms with Gasteiger partial charge in [-0.2, -0.15) is 10.4 Å².